The molecule has 0 aliphatic carbocycles. The van der Waals surface area contributed by atoms with Crippen LogP contribution in [0.5, 0.6) is 0 Å². The zero-order valence-corrected chi connectivity index (χ0v) is 11.4. The molecule has 1 aromatic heterocycles. The van der Waals surface area contributed by atoms with Crippen molar-refractivity contribution in [2.75, 3.05) is 20.1 Å². The van der Waals surface area contributed by atoms with Gasteiger partial charge in [-0.2, -0.15) is 0 Å². The second kappa shape index (κ2) is 6.91. The van der Waals surface area contributed by atoms with Gasteiger partial charge in [0.05, 0.1) is 6.54 Å². The molecule has 0 aliphatic rings. The molecule has 4 heteroatoms. The number of hydrogen-bond donors (Lipinski definition) is 0. The molecule has 1 aromatic carbocycles. The minimum atomic E-state index is -0.329. The summed E-state index contributed by atoms with van der Waals surface area (Å²) in [6.07, 6.45) is 2.56. The van der Waals surface area contributed by atoms with Crippen LogP contribution in [0.2, 0.25) is 0 Å². The summed E-state index contributed by atoms with van der Waals surface area (Å²) in [6, 6.07) is 11.4. The first-order valence-corrected chi connectivity index (χ1v) is 6.52. The summed E-state index contributed by atoms with van der Waals surface area (Å²) in [5, 5.41) is 0. The highest BCUT2D eigenvalue weighted by molar-refractivity contribution is 5.97. The molecule has 0 fully saturated rings. The number of carbonyl (C=O) groups is 1. The summed E-state index contributed by atoms with van der Waals surface area (Å²) in [6.45, 7) is 1.07. The molecule has 0 unspecified atom stereocenters. The maximum absolute atomic E-state index is 12.8. The summed E-state index contributed by atoms with van der Waals surface area (Å²) in [7, 11) is 1.89. The smallest absolute Gasteiger partial charge is 0.176 e. The lowest BCUT2D eigenvalue weighted by atomic mass is 10.1. The van der Waals surface area contributed by atoms with E-state index >= 15 is 0 Å². The molecule has 0 spiro atoms. The monoisotopic (exact) mass is 272 g/mol. The van der Waals surface area contributed by atoms with Gasteiger partial charge in [-0.3, -0.25) is 14.7 Å². The number of hydrogen-bond acceptors (Lipinski definition) is 3. The second-order valence-electron chi connectivity index (χ2n) is 4.74. The van der Waals surface area contributed by atoms with Crippen LogP contribution >= 0.6 is 0 Å². The molecular formula is C16H17FN2O. The normalized spacial score (nSPS) is 10.8. The predicted molar refractivity (Wildman–Crippen MR) is 76.2 cm³/mol. The van der Waals surface area contributed by atoms with Gasteiger partial charge < -0.3 is 0 Å². The lowest BCUT2D eigenvalue weighted by molar-refractivity contribution is 0.0946. The highest BCUT2D eigenvalue weighted by atomic mass is 19.1. The molecule has 0 saturated carbocycles. The maximum atomic E-state index is 12.8. The first-order valence-electron chi connectivity index (χ1n) is 6.52. The molecule has 0 atom stereocenters. The summed E-state index contributed by atoms with van der Waals surface area (Å²) in [5.74, 6) is -0.335. The van der Waals surface area contributed by atoms with Crippen LogP contribution in [0.3, 0.4) is 0 Å². The van der Waals surface area contributed by atoms with E-state index in [1.807, 2.05) is 30.1 Å². The number of ketones is 1. The fraction of sp³-hybridized carbons (Fsp3) is 0.250. The summed E-state index contributed by atoms with van der Waals surface area (Å²) in [5.41, 5.74) is 1.55. The van der Waals surface area contributed by atoms with E-state index in [0.717, 1.165) is 18.7 Å². The third kappa shape index (κ3) is 4.24. The van der Waals surface area contributed by atoms with Gasteiger partial charge in [-0.1, -0.05) is 6.07 Å². The van der Waals surface area contributed by atoms with E-state index in [2.05, 4.69) is 4.98 Å². The zero-order chi connectivity index (χ0) is 14.4. The Morgan fingerprint density at radius 1 is 1.20 bits per heavy atom. The molecule has 20 heavy (non-hydrogen) atoms. The van der Waals surface area contributed by atoms with Crippen molar-refractivity contribution in [3.63, 3.8) is 0 Å². The number of likely N-dealkylation sites (N-methyl/N-ethyl adjacent to an activating group) is 1. The minimum Gasteiger partial charge on any atom is -0.299 e. The van der Waals surface area contributed by atoms with Crippen LogP contribution in [0.15, 0.2) is 48.7 Å². The quantitative estimate of drug-likeness (QED) is 0.758. The van der Waals surface area contributed by atoms with Crippen molar-refractivity contribution >= 4 is 5.78 Å². The Hall–Kier alpha value is -2.07. The highest BCUT2D eigenvalue weighted by Crippen LogP contribution is 2.05. The van der Waals surface area contributed by atoms with E-state index in [1.54, 1.807) is 6.20 Å². The van der Waals surface area contributed by atoms with Crippen molar-refractivity contribution in [3.05, 3.63) is 65.7 Å². The topological polar surface area (TPSA) is 33.2 Å². The fourth-order valence-electron chi connectivity index (χ4n) is 1.90. The summed E-state index contributed by atoms with van der Waals surface area (Å²) < 4.78 is 12.8. The molecule has 2 aromatic rings. The third-order valence-corrected chi connectivity index (χ3v) is 3.06. The van der Waals surface area contributed by atoms with E-state index in [9.17, 15) is 9.18 Å². The average molecular weight is 272 g/mol. The number of carbonyl (C=O) groups excluding carboxylic acids is 1. The lowest BCUT2D eigenvalue weighted by Gasteiger charge is -2.15. The maximum Gasteiger partial charge on any atom is 0.176 e. The van der Waals surface area contributed by atoms with E-state index in [0.29, 0.717) is 12.1 Å². The third-order valence-electron chi connectivity index (χ3n) is 3.06. The molecule has 0 saturated heterocycles. The largest absolute Gasteiger partial charge is 0.299 e. The average Bonchev–Trinajstić information content (AvgIpc) is 2.47. The number of aromatic nitrogens is 1. The van der Waals surface area contributed by atoms with Gasteiger partial charge in [-0.25, -0.2) is 4.39 Å². The van der Waals surface area contributed by atoms with Crippen molar-refractivity contribution in [1.82, 2.24) is 9.88 Å². The van der Waals surface area contributed by atoms with Crippen LogP contribution in [0.4, 0.5) is 4.39 Å². The Morgan fingerprint density at radius 3 is 2.60 bits per heavy atom. The van der Waals surface area contributed by atoms with E-state index in [4.69, 9.17) is 0 Å². The number of rotatable bonds is 6. The van der Waals surface area contributed by atoms with Crippen molar-refractivity contribution in [2.45, 2.75) is 6.42 Å². The van der Waals surface area contributed by atoms with Gasteiger partial charge in [0.25, 0.3) is 0 Å². The standard InChI is InChI=1S/C16H17FN2O/c1-19(11-9-15-4-2-3-10-18-15)12-16(20)13-5-7-14(17)8-6-13/h2-8,10H,9,11-12H2,1H3. The van der Waals surface area contributed by atoms with Gasteiger partial charge in [-0.05, 0) is 43.4 Å². The summed E-state index contributed by atoms with van der Waals surface area (Å²) >= 11 is 0. The van der Waals surface area contributed by atoms with Gasteiger partial charge in [0.1, 0.15) is 5.82 Å². The van der Waals surface area contributed by atoms with Crippen LogP contribution < -0.4 is 0 Å². The molecule has 0 aliphatic heterocycles. The van der Waals surface area contributed by atoms with E-state index < -0.39 is 0 Å². The SMILES string of the molecule is CN(CCc1ccccn1)CC(=O)c1ccc(F)cc1. The van der Waals surface area contributed by atoms with Gasteiger partial charge in [0, 0.05) is 30.4 Å². The van der Waals surface area contributed by atoms with Crippen LogP contribution in [0, 0.1) is 5.82 Å². The molecule has 0 bridgehead atoms. The van der Waals surface area contributed by atoms with E-state index in [-0.39, 0.29) is 11.6 Å². The first-order chi connectivity index (χ1) is 9.65. The van der Waals surface area contributed by atoms with E-state index in [1.165, 1.54) is 24.3 Å². The predicted octanol–water partition coefficient (Wildman–Crippen LogP) is 2.58. The van der Waals surface area contributed by atoms with Crippen molar-refractivity contribution < 1.29 is 9.18 Å². The first kappa shape index (κ1) is 14.3. The highest BCUT2D eigenvalue weighted by Gasteiger charge is 2.09. The van der Waals surface area contributed by atoms with Crippen LogP contribution in [-0.2, 0) is 6.42 Å². The molecule has 0 radical (unpaired) electrons. The number of nitrogens with zero attached hydrogens (tertiary/aromatic N) is 2. The molecule has 104 valence electrons. The number of halogens is 1. The molecule has 1 heterocycles. The molecule has 2 rings (SSSR count). The van der Waals surface area contributed by atoms with Crippen LogP contribution in [0.1, 0.15) is 16.1 Å². The molecule has 0 N–H and O–H groups in total. The number of Topliss-reactive ketones (excluding diaryl/α,β-unsaturated/α-hetero) is 1. The van der Waals surface area contributed by atoms with Gasteiger partial charge in [-0.15, -0.1) is 0 Å². The second-order valence-corrected chi connectivity index (χ2v) is 4.74. The van der Waals surface area contributed by atoms with Crippen LogP contribution in [0.25, 0.3) is 0 Å². The molecule has 3 nitrogen and oxygen atoms in total. The Morgan fingerprint density at radius 2 is 1.95 bits per heavy atom. The van der Waals surface area contributed by atoms with Crippen molar-refractivity contribution in [2.24, 2.45) is 0 Å². The minimum absolute atomic E-state index is 0.00600. The lowest BCUT2D eigenvalue weighted by Crippen LogP contribution is -2.28. The van der Waals surface area contributed by atoms with Crippen LogP contribution in [-0.4, -0.2) is 35.8 Å². The molecular weight excluding hydrogens is 255 g/mol. The van der Waals surface area contributed by atoms with Gasteiger partial charge in [0.15, 0.2) is 5.78 Å². The Balaban J connectivity index is 1.83. The fourth-order valence-corrected chi connectivity index (χ4v) is 1.90. The van der Waals surface area contributed by atoms with Crippen molar-refractivity contribution in [3.8, 4) is 0 Å². The van der Waals surface area contributed by atoms with Crippen molar-refractivity contribution in [1.29, 1.82) is 0 Å². The van der Waals surface area contributed by atoms with Gasteiger partial charge >= 0.3 is 0 Å². The number of pyridine rings is 1. The number of benzene rings is 1. The molecule has 0 amide bonds. The summed E-state index contributed by atoms with van der Waals surface area (Å²) in [4.78, 5) is 18.2. The Bertz CT molecular complexity index is 554. The van der Waals surface area contributed by atoms with Gasteiger partial charge in [0.2, 0.25) is 0 Å². The Kier molecular flexibility index (Phi) is 4.96. The zero-order valence-electron chi connectivity index (χ0n) is 11.4. The Labute approximate surface area is 118 Å².